The van der Waals surface area contributed by atoms with Gasteiger partial charge in [-0.1, -0.05) is 0 Å². The van der Waals surface area contributed by atoms with Gasteiger partial charge in [-0.2, -0.15) is 5.10 Å². The number of alkyl carbamates (subject to hydrolysis) is 1. The number of rotatable bonds is 3. The van der Waals surface area contributed by atoms with Crippen LogP contribution in [-0.2, 0) is 16.9 Å². The van der Waals surface area contributed by atoms with E-state index >= 15 is 0 Å². The van der Waals surface area contributed by atoms with Gasteiger partial charge in [0.05, 0.1) is 12.6 Å². The van der Waals surface area contributed by atoms with E-state index in [0.29, 0.717) is 0 Å². The van der Waals surface area contributed by atoms with Crippen LogP contribution in [0.25, 0.3) is 0 Å². The minimum absolute atomic E-state index is 0.0649. The number of carbonyl (C=O) groups excluding carboxylic acids is 1. The average Bonchev–Trinajstić information content (AvgIpc) is 2.99. The Balaban J connectivity index is 2.10. The molecule has 3 rings (SSSR count). The number of benzene rings is 1. The zero-order valence-corrected chi connectivity index (χ0v) is 11.1. The predicted molar refractivity (Wildman–Crippen MR) is 67.1 cm³/mol. The number of nitrogens with zero attached hydrogens (tertiary/aromatic N) is 3. The maximum atomic E-state index is 14.2. The third-order valence-electron chi connectivity index (χ3n) is 3.56. The Morgan fingerprint density at radius 1 is 1.48 bits per heavy atom. The lowest BCUT2D eigenvalue weighted by atomic mass is 9.87. The molecule has 21 heavy (non-hydrogen) atoms. The summed E-state index contributed by atoms with van der Waals surface area (Å²) in [5, 5.41) is 6.52. The second-order valence-electron chi connectivity index (χ2n) is 4.86. The highest BCUT2D eigenvalue weighted by atomic mass is 19.1. The second-order valence-corrected chi connectivity index (χ2v) is 4.86. The zero-order valence-electron chi connectivity index (χ0n) is 11.1. The molecule has 110 valence electrons. The summed E-state index contributed by atoms with van der Waals surface area (Å²) in [6, 6.07) is 2.64. The van der Waals surface area contributed by atoms with Gasteiger partial charge in [-0.25, -0.2) is 23.2 Å². The minimum Gasteiger partial charge on any atom is -0.434 e. The minimum atomic E-state index is -1.32. The molecule has 1 aromatic carbocycles. The standard InChI is InChI=1S/C13H12F2N4O2/c1-8-13(21-12(20)18-8,5-19-7-16-6-17-19)10-3-2-9(14)4-11(10)15/h2-4,6-8H,5H2,1H3,(H,18,20). The topological polar surface area (TPSA) is 69.0 Å². The highest BCUT2D eigenvalue weighted by molar-refractivity contribution is 5.71. The van der Waals surface area contributed by atoms with Crippen molar-refractivity contribution in [1.82, 2.24) is 20.1 Å². The maximum Gasteiger partial charge on any atom is 0.408 e. The van der Waals surface area contributed by atoms with Crippen LogP contribution >= 0.6 is 0 Å². The van der Waals surface area contributed by atoms with Gasteiger partial charge in [0.25, 0.3) is 0 Å². The number of cyclic esters (lactones) is 1. The lowest BCUT2D eigenvalue weighted by Crippen LogP contribution is -2.43. The number of hydrogen-bond acceptors (Lipinski definition) is 4. The Kier molecular flexibility index (Phi) is 3.08. The fourth-order valence-electron chi connectivity index (χ4n) is 2.51. The molecule has 2 aromatic rings. The van der Waals surface area contributed by atoms with Crippen molar-refractivity contribution in [1.29, 1.82) is 0 Å². The SMILES string of the molecule is CC1NC(=O)OC1(Cn1cncn1)c1ccc(F)cc1F. The van der Waals surface area contributed by atoms with Crippen LogP contribution in [0.2, 0.25) is 0 Å². The van der Waals surface area contributed by atoms with Gasteiger partial charge >= 0.3 is 6.09 Å². The van der Waals surface area contributed by atoms with E-state index in [9.17, 15) is 13.6 Å². The number of aromatic nitrogens is 3. The van der Waals surface area contributed by atoms with Crippen LogP contribution in [0.3, 0.4) is 0 Å². The fourth-order valence-corrected chi connectivity index (χ4v) is 2.51. The Labute approximate surface area is 118 Å². The smallest absolute Gasteiger partial charge is 0.408 e. The molecule has 1 aromatic heterocycles. The van der Waals surface area contributed by atoms with Crippen LogP contribution < -0.4 is 5.32 Å². The van der Waals surface area contributed by atoms with Crippen molar-refractivity contribution >= 4 is 6.09 Å². The van der Waals surface area contributed by atoms with Crippen LogP contribution in [0.5, 0.6) is 0 Å². The number of hydrogen-bond donors (Lipinski definition) is 1. The van der Waals surface area contributed by atoms with Gasteiger partial charge in [0.2, 0.25) is 0 Å². The van der Waals surface area contributed by atoms with Gasteiger partial charge in [-0.05, 0) is 19.1 Å². The Bertz CT molecular complexity index is 677. The monoisotopic (exact) mass is 294 g/mol. The summed E-state index contributed by atoms with van der Waals surface area (Å²) in [7, 11) is 0. The molecule has 0 spiro atoms. The molecule has 0 bridgehead atoms. The first-order chi connectivity index (χ1) is 10.0. The third kappa shape index (κ3) is 2.22. The van der Waals surface area contributed by atoms with E-state index < -0.39 is 29.4 Å². The molecular weight excluding hydrogens is 282 g/mol. The summed E-state index contributed by atoms with van der Waals surface area (Å²) >= 11 is 0. The predicted octanol–water partition coefficient (Wildman–Crippen LogP) is 1.58. The molecule has 2 heterocycles. The molecule has 8 heteroatoms. The number of ether oxygens (including phenoxy) is 1. The molecule has 2 unspecified atom stereocenters. The molecule has 6 nitrogen and oxygen atoms in total. The summed E-state index contributed by atoms with van der Waals surface area (Å²) in [5.74, 6) is -1.48. The summed E-state index contributed by atoms with van der Waals surface area (Å²) < 4.78 is 34.1. The van der Waals surface area contributed by atoms with Crippen LogP contribution in [0.1, 0.15) is 12.5 Å². The molecule has 1 N–H and O–H groups in total. The van der Waals surface area contributed by atoms with E-state index in [1.807, 2.05) is 0 Å². The van der Waals surface area contributed by atoms with E-state index in [-0.39, 0.29) is 12.1 Å². The van der Waals surface area contributed by atoms with Gasteiger partial charge < -0.3 is 10.1 Å². The normalized spacial score (nSPS) is 24.7. The van der Waals surface area contributed by atoms with Crippen molar-refractivity contribution in [3.63, 3.8) is 0 Å². The molecule has 1 aliphatic rings. The lowest BCUT2D eigenvalue weighted by molar-refractivity contribution is 0.0146. The maximum absolute atomic E-state index is 14.2. The molecule has 1 fully saturated rings. The van der Waals surface area contributed by atoms with Crippen LogP contribution in [0, 0.1) is 11.6 Å². The quantitative estimate of drug-likeness (QED) is 0.933. The summed E-state index contributed by atoms with van der Waals surface area (Å²) in [6.45, 7) is 1.75. The van der Waals surface area contributed by atoms with Gasteiger partial charge in [-0.15, -0.1) is 0 Å². The second kappa shape index (κ2) is 4.80. The number of halogens is 2. The first kappa shape index (κ1) is 13.5. The van der Waals surface area contributed by atoms with Crippen LogP contribution in [0.4, 0.5) is 13.6 Å². The van der Waals surface area contributed by atoms with Gasteiger partial charge in [0, 0.05) is 11.6 Å². The van der Waals surface area contributed by atoms with E-state index in [4.69, 9.17) is 4.74 Å². The van der Waals surface area contributed by atoms with Crippen molar-refractivity contribution in [3.8, 4) is 0 Å². The molecule has 0 aliphatic carbocycles. The van der Waals surface area contributed by atoms with Crippen LogP contribution in [-0.4, -0.2) is 26.9 Å². The number of nitrogens with one attached hydrogen (secondary N) is 1. The largest absolute Gasteiger partial charge is 0.434 e. The van der Waals surface area contributed by atoms with Gasteiger partial charge in [-0.3, -0.25) is 0 Å². The van der Waals surface area contributed by atoms with E-state index in [1.54, 1.807) is 6.92 Å². The molecule has 0 saturated carbocycles. The third-order valence-corrected chi connectivity index (χ3v) is 3.56. The van der Waals surface area contributed by atoms with E-state index in [1.165, 1.54) is 23.4 Å². The zero-order chi connectivity index (χ0) is 15.0. The number of carbonyl (C=O) groups is 1. The Morgan fingerprint density at radius 3 is 2.86 bits per heavy atom. The molecule has 0 radical (unpaired) electrons. The summed E-state index contributed by atoms with van der Waals surface area (Å²) in [6.07, 6.45) is 2.09. The van der Waals surface area contributed by atoms with Gasteiger partial charge in [0.15, 0.2) is 5.60 Å². The molecular formula is C13H12F2N4O2. The van der Waals surface area contributed by atoms with E-state index in [0.717, 1.165) is 12.1 Å². The highest BCUT2D eigenvalue weighted by Gasteiger charge is 2.50. The first-order valence-electron chi connectivity index (χ1n) is 6.29. The molecule has 2 atom stereocenters. The number of amides is 1. The lowest BCUT2D eigenvalue weighted by Gasteiger charge is -2.31. The molecule has 1 aliphatic heterocycles. The van der Waals surface area contributed by atoms with Crippen molar-refractivity contribution in [2.75, 3.05) is 0 Å². The van der Waals surface area contributed by atoms with Crippen molar-refractivity contribution in [2.45, 2.75) is 25.1 Å². The van der Waals surface area contributed by atoms with Crippen molar-refractivity contribution in [3.05, 3.63) is 48.1 Å². The average molecular weight is 294 g/mol. The summed E-state index contributed by atoms with van der Waals surface area (Å²) in [4.78, 5) is 15.4. The first-order valence-corrected chi connectivity index (χ1v) is 6.29. The highest BCUT2D eigenvalue weighted by Crippen LogP contribution is 2.37. The van der Waals surface area contributed by atoms with Crippen LogP contribution in [0.15, 0.2) is 30.9 Å². The summed E-state index contributed by atoms with van der Waals surface area (Å²) in [5.41, 5.74) is -1.23. The molecule has 1 amide bonds. The Morgan fingerprint density at radius 2 is 2.29 bits per heavy atom. The molecule has 1 saturated heterocycles. The van der Waals surface area contributed by atoms with E-state index in [2.05, 4.69) is 15.4 Å². The van der Waals surface area contributed by atoms with Crippen molar-refractivity contribution < 1.29 is 18.3 Å². The van der Waals surface area contributed by atoms with Crippen molar-refractivity contribution in [2.24, 2.45) is 0 Å². The van der Waals surface area contributed by atoms with Gasteiger partial charge in [0.1, 0.15) is 24.3 Å². The fraction of sp³-hybridized carbons (Fsp3) is 0.308. The Hall–Kier alpha value is -2.51.